The van der Waals surface area contributed by atoms with E-state index in [-0.39, 0.29) is 11.1 Å². The zero-order valence-electron chi connectivity index (χ0n) is 32.7. The van der Waals surface area contributed by atoms with Crippen molar-refractivity contribution in [3.63, 3.8) is 0 Å². The van der Waals surface area contributed by atoms with Gasteiger partial charge < -0.3 is 9.80 Å². The molecule has 13 nitrogen and oxygen atoms in total. The largest absolute Gasteiger partial charge is 0.435 e. The summed E-state index contributed by atoms with van der Waals surface area (Å²) in [5, 5.41) is 22.1. The second kappa shape index (κ2) is 17.9. The van der Waals surface area contributed by atoms with Gasteiger partial charge in [-0.15, -0.1) is 0 Å². The summed E-state index contributed by atoms with van der Waals surface area (Å²) in [7, 11) is 1.77. The number of rotatable bonds is 10. The quantitative estimate of drug-likeness (QED) is 0.0577. The van der Waals surface area contributed by atoms with Gasteiger partial charge in [0.1, 0.15) is 0 Å². The van der Waals surface area contributed by atoms with Crippen LogP contribution in [-0.2, 0) is 11.8 Å². The number of non-ortho nitro benzene ring substituents is 2. The monoisotopic (exact) mass is 1010 g/mol. The molecule has 0 bridgehead atoms. The molecular weight excluding hydrogens is 986 g/mol. The minimum Gasteiger partial charge on any atom is -0.309 e. The molecule has 0 unspecified atom stereocenters. The van der Waals surface area contributed by atoms with E-state index in [1.165, 1.54) is 0 Å². The second-order valence-corrected chi connectivity index (χ2v) is 14.4. The van der Waals surface area contributed by atoms with Crippen LogP contribution < -0.4 is 14.7 Å². The van der Waals surface area contributed by atoms with Crippen LogP contribution in [0.5, 0.6) is 0 Å². The van der Waals surface area contributed by atoms with E-state index in [1.807, 2.05) is 0 Å². The molecule has 0 aliphatic heterocycles. The Morgan fingerprint density at radius 2 is 0.924 bits per heavy atom. The summed E-state index contributed by atoms with van der Waals surface area (Å²) in [6.45, 7) is 0. The van der Waals surface area contributed by atoms with Crippen LogP contribution in [0.2, 0.25) is 0 Å². The molecule has 5 aromatic rings. The van der Waals surface area contributed by atoms with Crippen LogP contribution in [0.25, 0.3) is 0 Å². The van der Waals surface area contributed by atoms with Gasteiger partial charge in [-0.05, 0) is 76.6 Å². The summed E-state index contributed by atoms with van der Waals surface area (Å²) >= 11 is 2.30. The number of hydrogen-bond donors (Lipinski definition) is 0. The van der Waals surface area contributed by atoms with Crippen LogP contribution >= 0.6 is 15.9 Å². The maximum absolute atomic E-state index is 16.5. The number of halogens is 13. The van der Waals surface area contributed by atoms with Gasteiger partial charge in [-0.1, -0.05) is 12.1 Å². The molecule has 346 valence electrons. The summed E-state index contributed by atoms with van der Waals surface area (Å²) in [6, 6.07) is 9.94. The average molecular weight is 1010 g/mol. The van der Waals surface area contributed by atoms with Crippen LogP contribution in [-0.4, -0.2) is 59.9 Å². The lowest BCUT2D eigenvalue weighted by molar-refractivity contribution is -0.385. The minimum atomic E-state index is -7.00. The number of carbonyl (C=O) groups excluding carboxylic acids is 4. The van der Waals surface area contributed by atoms with Gasteiger partial charge in [0.2, 0.25) is 0 Å². The lowest BCUT2D eigenvalue weighted by atomic mass is 9.91. The van der Waals surface area contributed by atoms with Crippen molar-refractivity contribution in [2.45, 2.75) is 24.2 Å². The van der Waals surface area contributed by atoms with Crippen LogP contribution in [0, 0.1) is 31.9 Å². The van der Waals surface area contributed by atoms with Crippen molar-refractivity contribution < 1.29 is 81.7 Å². The lowest BCUT2D eigenvalue weighted by Crippen LogP contribution is -2.50. The van der Waals surface area contributed by atoms with Crippen molar-refractivity contribution in [1.29, 1.82) is 0 Å². The molecule has 0 aromatic heterocycles. The first kappa shape index (κ1) is 49.6. The third-order valence-corrected chi connectivity index (χ3v) is 10.2. The number of anilines is 3. The Balaban J connectivity index is 1.75. The molecule has 0 atom stereocenters. The van der Waals surface area contributed by atoms with Gasteiger partial charge in [0.05, 0.1) is 43.6 Å². The number of imide groups is 1. The molecule has 0 spiro atoms. The Bertz CT molecular complexity index is 2650. The summed E-state index contributed by atoms with van der Waals surface area (Å²) in [5.74, 6) is -10.4. The SMILES string of the molecule is CN(C(=O)c1ccc([N+](=O)[O-])cc1)c1cccc(C(=O)N(C(=O)c2cccc(N(C)C(=O)c3ccc([N+](=O)[O-])cc3)c2F)c2c(Br)cc(C(F)(C(F)(F)F)C(F)(F)F)cc2C(F)(F)F)c1F. The summed E-state index contributed by atoms with van der Waals surface area (Å²) in [6.07, 6.45) is -20.2. The maximum Gasteiger partial charge on any atom is 0.435 e. The van der Waals surface area contributed by atoms with Crippen molar-refractivity contribution in [1.82, 2.24) is 0 Å². The van der Waals surface area contributed by atoms with Crippen molar-refractivity contribution in [3.05, 3.63) is 167 Å². The van der Waals surface area contributed by atoms with Gasteiger partial charge in [0.15, 0.2) is 11.6 Å². The fraction of sp³-hybridized carbons (Fsp3) is 0.150. The highest BCUT2D eigenvalue weighted by Crippen LogP contribution is 2.55. The topological polar surface area (TPSA) is 164 Å². The van der Waals surface area contributed by atoms with Crippen LogP contribution in [0.4, 0.5) is 81.1 Å². The molecule has 26 heteroatoms. The first-order chi connectivity index (χ1) is 30.4. The highest BCUT2D eigenvalue weighted by Gasteiger charge is 2.74. The molecule has 0 radical (unpaired) electrons. The van der Waals surface area contributed by atoms with E-state index >= 15 is 13.2 Å². The molecular formula is C40H22BrF12N5O8. The molecule has 0 aliphatic carbocycles. The lowest BCUT2D eigenvalue weighted by Gasteiger charge is -2.32. The number of nitrogens with zero attached hydrogens (tertiary/aromatic N) is 5. The van der Waals surface area contributed by atoms with Gasteiger partial charge in [-0.3, -0.25) is 39.4 Å². The summed E-state index contributed by atoms with van der Waals surface area (Å²) < 4.78 is 174. The molecule has 66 heavy (non-hydrogen) atoms. The second-order valence-electron chi connectivity index (χ2n) is 13.6. The van der Waals surface area contributed by atoms with Gasteiger partial charge in [0, 0.05) is 59.5 Å². The predicted octanol–water partition coefficient (Wildman–Crippen LogP) is 10.9. The van der Waals surface area contributed by atoms with E-state index in [0.717, 1.165) is 86.9 Å². The van der Waals surface area contributed by atoms with E-state index in [2.05, 4.69) is 15.9 Å². The van der Waals surface area contributed by atoms with Crippen LogP contribution in [0.3, 0.4) is 0 Å². The molecule has 5 aromatic carbocycles. The van der Waals surface area contributed by atoms with E-state index in [1.54, 1.807) is 0 Å². The standard InChI is InChI=1S/C40H22BrF12N5O8/c1-54(33(59)19-9-13-22(14-10-19)57(63)64)28-7-3-5-24(30(28)42)35(61)56(32-26(38(45,46)47)17-21(18-27(32)41)37(44,39(48,49)50)40(51,52)53)36(62)25-6-4-8-29(31(25)43)55(2)34(60)20-11-15-23(16-12-20)58(65)66/h3-18H,1-2H3. The normalized spacial score (nSPS) is 12.0. The molecule has 4 amide bonds. The average Bonchev–Trinajstić information content (AvgIpc) is 3.24. The maximum atomic E-state index is 16.5. The van der Waals surface area contributed by atoms with Gasteiger partial charge in [0.25, 0.3) is 35.0 Å². The van der Waals surface area contributed by atoms with Crippen molar-refractivity contribution in [2.75, 3.05) is 28.8 Å². The fourth-order valence-electron chi connectivity index (χ4n) is 6.21. The number of alkyl halides is 10. The van der Waals surface area contributed by atoms with E-state index < -0.39 is 142 Å². The first-order valence-corrected chi connectivity index (χ1v) is 18.5. The number of carbonyl (C=O) groups is 4. The molecule has 0 saturated carbocycles. The molecule has 0 aliphatic rings. The van der Waals surface area contributed by atoms with E-state index in [9.17, 15) is 78.9 Å². The third-order valence-electron chi connectivity index (χ3n) is 9.58. The summed E-state index contributed by atoms with van der Waals surface area (Å²) in [5.41, 5.74) is -20.4. The van der Waals surface area contributed by atoms with Crippen LogP contribution in [0.1, 0.15) is 52.6 Å². The van der Waals surface area contributed by atoms with Gasteiger partial charge in [-0.25, -0.2) is 18.1 Å². The highest BCUT2D eigenvalue weighted by atomic mass is 79.9. The van der Waals surface area contributed by atoms with E-state index in [4.69, 9.17) is 0 Å². The Morgan fingerprint density at radius 3 is 1.24 bits per heavy atom. The number of hydrogen-bond acceptors (Lipinski definition) is 8. The molecule has 0 fully saturated rings. The molecule has 0 N–H and O–H groups in total. The zero-order valence-corrected chi connectivity index (χ0v) is 34.2. The Hall–Kier alpha value is -7.38. The fourth-order valence-corrected chi connectivity index (χ4v) is 6.85. The predicted molar refractivity (Wildman–Crippen MR) is 210 cm³/mol. The first-order valence-electron chi connectivity index (χ1n) is 17.7. The molecule has 0 heterocycles. The molecule has 0 saturated heterocycles. The number of amides is 4. The zero-order chi connectivity index (χ0) is 49.6. The Morgan fingerprint density at radius 1 is 0.561 bits per heavy atom. The Kier molecular flexibility index (Phi) is 13.5. The van der Waals surface area contributed by atoms with E-state index in [0.29, 0.717) is 21.9 Å². The van der Waals surface area contributed by atoms with Crippen molar-refractivity contribution in [2.24, 2.45) is 0 Å². The summed E-state index contributed by atoms with van der Waals surface area (Å²) in [4.78, 5) is 76.3. The van der Waals surface area contributed by atoms with Gasteiger partial charge >= 0.3 is 24.2 Å². The number of benzene rings is 5. The van der Waals surface area contributed by atoms with Crippen LogP contribution in [0.15, 0.2) is 102 Å². The smallest absolute Gasteiger partial charge is 0.309 e. The molecule has 5 rings (SSSR count). The Labute approximate surface area is 368 Å². The third kappa shape index (κ3) is 9.12. The highest BCUT2D eigenvalue weighted by molar-refractivity contribution is 9.10. The van der Waals surface area contributed by atoms with Crippen molar-refractivity contribution in [3.8, 4) is 0 Å². The van der Waals surface area contributed by atoms with Crippen molar-refractivity contribution >= 4 is 68.0 Å². The number of nitro groups is 2. The number of nitro benzene ring substituents is 2. The van der Waals surface area contributed by atoms with Gasteiger partial charge in [-0.2, -0.15) is 39.5 Å². The minimum absolute atomic E-state index is 0.330.